The molecule has 0 aromatic heterocycles. The van der Waals surface area contributed by atoms with Crippen LogP contribution in [0.1, 0.15) is 91.9 Å². The first-order chi connectivity index (χ1) is 10.4. The third-order valence-electron chi connectivity index (χ3n) is 4.65. The van der Waals surface area contributed by atoms with Crippen LogP contribution in [0.15, 0.2) is 11.4 Å². The molecule has 0 aromatic carbocycles. The topological polar surface area (TPSA) is 57.5 Å². The molecule has 0 saturated heterocycles. The van der Waals surface area contributed by atoms with Gasteiger partial charge in [-0.2, -0.15) is 0 Å². The lowest BCUT2D eigenvalue weighted by Crippen LogP contribution is -2.03. The van der Waals surface area contributed by atoms with E-state index in [0.29, 0.717) is 23.6 Å². The molecule has 22 heavy (non-hydrogen) atoms. The Balaban J connectivity index is 4.81. The highest BCUT2D eigenvalue weighted by molar-refractivity contribution is 7.56. The molecule has 0 aliphatic heterocycles. The number of hydrogen-bond acceptors (Lipinski definition) is 1. The maximum absolute atomic E-state index is 11.8. The monoisotopic (exact) mass is 332 g/mol. The molecule has 0 aliphatic carbocycles. The molecule has 0 aliphatic rings. The third kappa shape index (κ3) is 9.82. The van der Waals surface area contributed by atoms with E-state index in [9.17, 15) is 14.4 Å². The number of allylic oxidation sites excluding steroid dienone is 2. The molecule has 0 saturated carbocycles. The van der Waals surface area contributed by atoms with Gasteiger partial charge in [-0.3, -0.25) is 4.57 Å². The Morgan fingerprint density at radius 1 is 0.955 bits per heavy atom. The second-order valence-electron chi connectivity index (χ2n) is 6.51. The van der Waals surface area contributed by atoms with E-state index in [0.717, 1.165) is 44.9 Å². The third-order valence-corrected chi connectivity index (χ3v) is 5.76. The van der Waals surface area contributed by atoms with E-state index >= 15 is 0 Å². The molecule has 0 amide bonds. The van der Waals surface area contributed by atoms with Gasteiger partial charge < -0.3 is 9.79 Å². The summed E-state index contributed by atoms with van der Waals surface area (Å²) in [5.41, 5.74) is 0. The zero-order chi connectivity index (χ0) is 17.0. The summed E-state index contributed by atoms with van der Waals surface area (Å²) < 4.78 is 11.8. The van der Waals surface area contributed by atoms with Gasteiger partial charge in [0.15, 0.2) is 0 Å². The smallest absolute Gasteiger partial charge is 0.321 e. The van der Waals surface area contributed by atoms with E-state index < -0.39 is 7.60 Å². The summed E-state index contributed by atoms with van der Waals surface area (Å²) in [6.07, 6.45) is 12.2. The summed E-state index contributed by atoms with van der Waals surface area (Å²) in [6.45, 7) is 8.63. The van der Waals surface area contributed by atoms with Crippen molar-refractivity contribution in [1.29, 1.82) is 0 Å². The second-order valence-corrected chi connectivity index (χ2v) is 8.17. The predicted molar refractivity (Wildman–Crippen MR) is 96.0 cm³/mol. The summed E-state index contributed by atoms with van der Waals surface area (Å²) in [5.74, 6) is 0.951. The molecule has 3 nitrogen and oxygen atoms in total. The lowest BCUT2D eigenvalue weighted by molar-refractivity contribution is 0.371. The van der Waals surface area contributed by atoms with E-state index in [1.54, 1.807) is 0 Å². The molecule has 0 aromatic rings. The minimum atomic E-state index is -4.11. The Kier molecular flexibility index (Phi) is 12.3. The first-order valence-corrected chi connectivity index (χ1v) is 10.7. The number of rotatable bonds is 13. The highest BCUT2D eigenvalue weighted by Gasteiger charge is 2.23. The van der Waals surface area contributed by atoms with E-state index in [2.05, 4.69) is 27.7 Å². The highest BCUT2D eigenvalue weighted by Crippen LogP contribution is 2.49. The molecule has 0 fully saturated rings. The van der Waals surface area contributed by atoms with E-state index in [-0.39, 0.29) is 0 Å². The van der Waals surface area contributed by atoms with Gasteiger partial charge >= 0.3 is 7.60 Å². The van der Waals surface area contributed by atoms with E-state index in [1.165, 1.54) is 12.8 Å². The van der Waals surface area contributed by atoms with Gasteiger partial charge in [-0.1, -0.05) is 85.1 Å². The summed E-state index contributed by atoms with van der Waals surface area (Å²) in [7, 11) is -4.11. The molecular weight excluding hydrogens is 295 g/mol. The van der Waals surface area contributed by atoms with Crippen molar-refractivity contribution in [2.24, 2.45) is 11.8 Å². The van der Waals surface area contributed by atoms with Crippen LogP contribution in [0.25, 0.3) is 0 Å². The standard InChI is InChI=1S/C18H37O3P/c1-5-9-11-16(7-3)13-14-18(22(19,20)21)15-17(8-4)12-10-6-2/h14,16-17H,5-13,15H2,1-4H3,(H2,19,20,21)/b18-14-. The quantitative estimate of drug-likeness (QED) is 0.391. The van der Waals surface area contributed by atoms with Crippen LogP contribution in [0.4, 0.5) is 0 Å². The predicted octanol–water partition coefficient (Wildman–Crippen LogP) is 6.26. The fraction of sp³-hybridized carbons (Fsp3) is 0.889. The molecule has 2 N–H and O–H groups in total. The maximum Gasteiger partial charge on any atom is 0.351 e. The van der Waals surface area contributed by atoms with Crippen molar-refractivity contribution in [2.75, 3.05) is 0 Å². The molecule has 0 bridgehead atoms. The lowest BCUT2D eigenvalue weighted by atomic mass is 9.93. The van der Waals surface area contributed by atoms with Gasteiger partial charge in [0, 0.05) is 5.31 Å². The summed E-state index contributed by atoms with van der Waals surface area (Å²) >= 11 is 0. The average Bonchev–Trinajstić information content (AvgIpc) is 2.48. The van der Waals surface area contributed by atoms with Crippen molar-refractivity contribution < 1.29 is 14.4 Å². The van der Waals surface area contributed by atoms with Gasteiger partial charge in [0.2, 0.25) is 0 Å². The Labute approximate surface area is 137 Å². The Morgan fingerprint density at radius 3 is 1.86 bits per heavy atom. The lowest BCUT2D eigenvalue weighted by Gasteiger charge is -2.19. The van der Waals surface area contributed by atoms with Crippen molar-refractivity contribution in [3.8, 4) is 0 Å². The van der Waals surface area contributed by atoms with Crippen molar-refractivity contribution in [2.45, 2.75) is 91.9 Å². The molecule has 2 unspecified atom stereocenters. The van der Waals surface area contributed by atoms with Crippen LogP contribution in [0.3, 0.4) is 0 Å². The van der Waals surface area contributed by atoms with Crippen LogP contribution < -0.4 is 0 Å². The van der Waals surface area contributed by atoms with Gasteiger partial charge in [-0.25, -0.2) is 0 Å². The molecule has 0 spiro atoms. The first-order valence-electron chi connectivity index (χ1n) is 9.13. The van der Waals surface area contributed by atoms with Crippen molar-refractivity contribution in [3.05, 3.63) is 11.4 Å². The van der Waals surface area contributed by atoms with E-state index in [4.69, 9.17) is 0 Å². The van der Waals surface area contributed by atoms with Gasteiger partial charge in [0.05, 0.1) is 0 Å². The molecule has 0 heterocycles. The zero-order valence-corrected chi connectivity index (χ0v) is 15.9. The first kappa shape index (κ1) is 21.9. The number of hydrogen-bond donors (Lipinski definition) is 2. The largest absolute Gasteiger partial charge is 0.351 e. The molecule has 0 rings (SSSR count). The molecular formula is C18H37O3P. The SMILES string of the molecule is CCCCC(CC)C/C=C(/CC(CC)CCCC)P(=O)(O)O. The fourth-order valence-electron chi connectivity index (χ4n) is 2.84. The normalized spacial score (nSPS) is 15.8. The van der Waals surface area contributed by atoms with Gasteiger partial charge in [0.1, 0.15) is 0 Å². The van der Waals surface area contributed by atoms with Crippen LogP contribution in [0, 0.1) is 11.8 Å². The number of unbranched alkanes of at least 4 members (excludes halogenated alkanes) is 2. The van der Waals surface area contributed by atoms with Crippen LogP contribution >= 0.6 is 7.60 Å². The molecule has 0 radical (unpaired) electrons. The average molecular weight is 332 g/mol. The second kappa shape index (κ2) is 12.3. The Bertz CT molecular complexity index is 346. The van der Waals surface area contributed by atoms with E-state index in [1.807, 2.05) is 6.08 Å². The van der Waals surface area contributed by atoms with Crippen molar-refractivity contribution in [1.82, 2.24) is 0 Å². The van der Waals surface area contributed by atoms with Crippen LogP contribution in [-0.2, 0) is 4.57 Å². The van der Waals surface area contributed by atoms with Gasteiger partial charge in [-0.15, -0.1) is 0 Å². The van der Waals surface area contributed by atoms with Crippen molar-refractivity contribution >= 4 is 7.60 Å². The maximum atomic E-state index is 11.8. The molecule has 2 atom stereocenters. The summed E-state index contributed by atoms with van der Waals surface area (Å²) in [4.78, 5) is 19.3. The van der Waals surface area contributed by atoms with Gasteiger partial charge in [-0.05, 0) is 24.7 Å². The minimum absolute atomic E-state index is 0.380. The highest BCUT2D eigenvalue weighted by atomic mass is 31.2. The van der Waals surface area contributed by atoms with Crippen LogP contribution in [-0.4, -0.2) is 9.79 Å². The summed E-state index contributed by atoms with van der Waals surface area (Å²) in [5, 5.41) is 0.380. The Hall–Kier alpha value is -0.110. The van der Waals surface area contributed by atoms with Crippen molar-refractivity contribution in [3.63, 3.8) is 0 Å². The molecule has 132 valence electrons. The van der Waals surface area contributed by atoms with Gasteiger partial charge in [0.25, 0.3) is 0 Å². The van der Waals surface area contributed by atoms with Crippen LogP contribution in [0.2, 0.25) is 0 Å². The summed E-state index contributed by atoms with van der Waals surface area (Å²) in [6, 6.07) is 0. The minimum Gasteiger partial charge on any atom is -0.321 e. The molecule has 4 heteroatoms. The Morgan fingerprint density at radius 2 is 1.45 bits per heavy atom. The fourth-order valence-corrected chi connectivity index (χ4v) is 3.68. The van der Waals surface area contributed by atoms with Crippen LogP contribution in [0.5, 0.6) is 0 Å². The zero-order valence-electron chi connectivity index (χ0n) is 15.1.